The Morgan fingerprint density at radius 2 is 2.05 bits per heavy atom. The highest BCUT2D eigenvalue weighted by Crippen LogP contribution is 2.39. The van der Waals surface area contributed by atoms with Crippen molar-refractivity contribution in [3.63, 3.8) is 0 Å². The number of anilines is 1. The first-order chi connectivity index (χ1) is 9.16. The molecule has 1 saturated carbocycles. The number of nitrogens with one attached hydrogen (secondary N) is 1. The number of benzene rings is 1. The minimum Gasteiger partial charge on any atom is -0.316 e. The lowest BCUT2D eigenvalue weighted by Crippen LogP contribution is -2.14. The maximum absolute atomic E-state index is 12.0. The number of aromatic nitrogens is 1. The van der Waals surface area contributed by atoms with Crippen molar-refractivity contribution in [2.45, 2.75) is 20.3 Å². The van der Waals surface area contributed by atoms with Gasteiger partial charge >= 0.3 is 0 Å². The Morgan fingerprint density at radius 1 is 1.37 bits per heavy atom. The molecule has 1 unspecified atom stereocenters. The molecule has 3 nitrogen and oxygen atoms in total. The molecule has 0 saturated heterocycles. The molecule has 2 aromatic rings. The molecule has 98 valence electrons. The summed E-state index contributed by atoms with van der Waals surface area (Å²) >= 11 is 1.36. The van der Waals surface area contributed by atoms with Crippen molar-refractivity contribution in [2.75, 3.05) is 5.32 Å². The fourth-order valence-electron chi connectivity index (χ4n) is 2.21. The monoisotopic (exact) mass is 272 g/mol. The lowest BCUT2D eigenvalue weighted by atomic mass is 10.1. The fraction of sp³-hybridized carbons (Fsp3) is 0.333. The molecule has 19 heavy (non-hydrogen) atoms. The minimum atomic E-state index is 0.138. The molecule has 0 radical (unpaired) electrons. The molecule has 3 rings (SSSR count). The molecule has 1 amide bonds. The molecule has 0 spiro atoms. The SMILES string of the molecule is Cc1c(-c2ccccc2)nsc1NC(=O)[C@@H]1CC1C. The fourth-order valence-corrected chi connectivity index (χ4v) is 3.01. The van der Waals surface area contributed by atoms with Crippen LogP contribution in [0.4, 0.5) is 5.00 Å². The van der Waals surface area contributed by atoms with E-state index in [0.29, 0.717) is 5.92 Å². The number of carbonyl (C=O) groups excluding carboxylic acids is 1. The molecule has 1 N–H and O–H groups in total. The zero-order valence-electron chi connectivity index (χ0n) is 11.0. The third-order valence-electron chi connectivity index (χ3n) is 3.65. The van der Waals surface area contributed by atoms with E-state index in [-0.39, 0.29) is 11.8 Å². The molecule has 4 heteroatoms. The van der Waals surface area contributed by atoms with Gasteiger partial charge in [0, 0.05) is 17.0 Å². The van der Waals surface area contributed by atoms with Gasteiger partial charge in [0.05, 0.1) is 5.69 Å². The Balaban J connectivity index is 1.81. The first-order valence-electron chi connectivity index (χ1n) is 6.49. The summed E-state index contributed by atoms with van der Waals surface area (Å²) in [6, 6.07) is 10.1. The van der Waals surface area contributed by atoms with Gasteiger partial charge in [0.1, 0.15) is 5.00 Å². The van der Waals surface area contributed by atoms with Crippen molar-refractivity contribution in [2.24, 2.45) is 11.8 Å². The molecule has 0 aliphatic heterocycles. The summed E-state index contributed by atoms with van der Waals surface area (Å²) in [7, 11) is 0. The summed E-state index contributed by atoms with van der Waals surface area (Å²) in [5.74, 6) is 0.863. The van der Waals surface area contributed by atoms with Gasteiger partial charge in [-0.3, -0.25) is 4.79 Å². The van der Waals surface area contributed by atoms with Crippen LogP contribution in [0.1, 0.15) is 18.9 Å². The van der Waals surface area contributed by atoms with Gasteiger partial charge in [-0.25, -0.2) is 0 Å². The molecule has 1 fully saturated rings. The van der Waals surface area contributed by atoms with Crippen molar-refractivity contribution in [3.8, 4) is 11.3 Å². The van der Waals surface area contributed by atoms with Crippen molar-refractivity contribution < 1.29 is 4.79 Å². The van der Waals surface area contributed by atoms with Crippen LogP contribution in [-0.4, -0.2) is 10.3 Å². The van der Waals surface area contributed by atoms with Crippen LogP contribution < -0.4 is 5.32 Å². The van der Waals surface area contributed by atoms with Crippen LogP contribution in [0.25, 0.3) is 11.3 Å². The highest BCUT2D eigenvalue weighted by molar-refractivity contribution is 7.10. The summed E-state index contributed by atoms with van der Waals surface area (Å²) in [6.07, 6.45) is 1.01. The third kappa shape index (κ3) is 2.40. The summed E-state index contributed by atoms with van der Waals surface area (Å²) in [6.45, 7) is 4.12. The normalized spacial score (nSPS) is 21.2. The smallest absolute Gasteiger partial charge is 0.228 e. The van der Waals surface area contributed by atoms with Gasteiger partial charge in [0.2, 0.25) is 5.91 Å². The highest BCUT2D eigenvalue weighted by atomic mass is 32.1. The zero-order valence-corrected chi connectivity index (χ0v) is 11.8. The second-order valence-electron chi connectivity index (χ2n) is 5.16. The highest BCUT2D eigenvalue weighted by Gasteiger charge is 2.39. The van der Waals surface area contributed by atoms with E-state index in [2.05, 4.69) is 16.6 Å². The van der Waals surface area contributed by atoms with Crippen molar-refractivity contribution in [1.82, 2.24) is 4.37 Å². The summed E-state index contributed by atoms with van der Waals surface area (Å²) < 4.78 is 4.46. The van der Waals surface area contributed by atoms with Crippen LogP contribution in [0.5, 0.6) is 0 Å². The molecule has 2 atom stereocenters. The van der Waals surface area contributed by atoms with Crippen LogP contribution in [0.15, 0.2) is 30.3 Å². The van der Waals surface area contributed by atoms with Crippen LogP contribution >= 0.6 is 11.5 Å². The van der Waals surface area contributed by atoms with Crippen LogP contribution in [0, 0.1) is 18.8 Å². The Labute approximate surface area is 116 Å². The molecular weight excluding hydrogens is 256 g/mol. The van der Waals surface area contributed by atoms with E-state index >= 15 is 0 Å². The van der Waals surface area contributed by atoms with Gasteiger partial charge in [0.25, 0.3) is 0 Å². The topological polar surface area (TPSA) is 42.0 Å². The van der Waals surface area contributed by atoms with E-state index in [0.717, 1.165) is 28.2 Å². The van der Waals surface area contributed by atoms with E-state index in [1.807, 2.05) is 37.3 Å². The lowest BCUT2D eigenvalue weighted by Gasteiger charge is -2.03. The maximum Gasteiger partial charge on any atom is 0.228 e. The Bertz CT molecular complexity index is 606. The second-order valence-corrected chi connectivity index (χ2v) is 5.93. The van der Waals surface area contributed by atoms with E-state index in [9.17, 15) is 4.79 Å². The molecular formula is C15H16N2OS. The Kier molecular flexibility index (Phi) is 3.11. The standard InChI is InChI=1S/C15H16N2OS/c1-9-8-12(9)14(18)16-15-10(2)13(17-19-15)11-6-4-3-5-7-11/h3-7,9,12H,8H2,1-2H3,(H,16,18)/t9?,12-/m1/s1. The molecule has 1 aliphatic rings. The molecule has 1 aliphatic carbocycles. The van der Waals surface area contributed by atoms with E-state index in [1.165, 1.54) is 11.5 Å². The predicted molar refractivity (Wildman–Crippen MR) is 78.2 cm³/mol. The Hall–Kier alpha value is -1.68. The average molecular weight is 272 g/mol. The minimum absolute atomic E-state index is 0.138. The Morgan fingerprint density at radius 3 is 2.68 bits per heavy atom. The van der Waals surface area contributed by atoms with Crippen LogP contribution in [-0.2, 0) is 4.79 Å². The van der Waals surface area contributed by atoms with Gasteiger partial charge in [-0.2, -0.15) is 4.37 Å². The number of hydrogen-bond acceptors (Lipinski definition) is 3. The molecule has 1 heterocycles. The van der Waals surface area contributed by atoms with E-state index < -0.39 is 0 Å². The van der Waals surface area contributed by atoms with Crippen molar-refractivity contribution in [1.29, 1.82) is 0 Å². The number of nitrogens with zero attached hydrogens (tertiary/aromatic N) is 1. The summed E-state index contributed by atoms with van der Waals surface area (Å²) in [4.78, 5) is 12.0. The van der Waals surface area contributed by atoms with Crippen molar-refractivity contribution >= 4 is 22.4 Å². The first-order valence-corrected chi connectivity index (χ1v) is 7.26. The zero-order chi connectivity index (χ0) is 13.4. The van der Waals surface area contributed by atoms with Gasteiger partial charge in [-0.05, 0) is 30.8 Å². The molecule has 1 aromatic carbocycles. The first kappa shape index (κ1) is 12.4. The van der Waals surface area contributed by atoms with Gasteiger partial charge in [-0.1, -0.05) is 37.3 Å². The molecule has 0 bridgehead atoms. The van der Waals surface area contributed by atoms with Crippen LogP contribution in [0.3, 0.4) is 0 Å². The predicted octanol–water partition coefficient (Wildman–Crippen LogP) is 3.71. The lowest BCUT2D eigenvalue weighted by molar-refractivity contribution is -0.117. The van der Waals surface area contributed by atoms with E-state index in [4.69, 9.17) is 0 Å². The largest absolute Gasteiger partial charge is 0.316 e. The van der Waals surface area contributed by atoms with Crippen molar-refractivity contribution in [3.05, 3.63) is 35.9 Å². The van der Waals surface area contributed by atoms with E-state index in [1.54, 1.807) is 0 Å². The van der Waals surface area contributed by atoms with Gasteiger partial charge in [-0.15, -0.1) is 0 Å². The van der Waals surface area contributed by atoms with Crippen LogP contribution in [0.2, 0.25) is 0 Å². The summed E-state index contributed by atoms with van der Waals surface area (Å²) in [5, 5.41) is 3.89. The second kappa shape index (κ2) is 4.78. The van der Waals surface area contributed by atoms with Gasteiger partial charge < -0.3 is 5.32 Å². The third-order valence-corrected chi connectivity index (χ3v) is 4.52. The average Bonchev–Trinajstić information content (AvgIpc) is 3.05. The van der Waals surface area contributed by atoms with Gasteiger partial charge in [0.15, 0.2) is 0 Å². The number of rotatable bonds is 3. The maximum atomic E-state index is 12.0. The summed E-state index contributed by atoms with van der Waals surface area (Å²) in [5.41, 5.74) is 3.11. The number of carbonyl (C=O) groups is 1. The number of amides is 1. The molecule has 1 aromatic heterocycles. The quantitative estimate of drug-likeness (QED) is 0.925. The number of hydrogen-bond donors (Lipinski definition) is 1.